The number of benzene rings is 2. The summed E-state index contributed by atoms with van der Waals surface area (Å²) >= 11 is 6.00. The molecule has 3 heterocycles. The maximum atomic E-state index is 12.7. The van der Waals surface area contributed by atoms with E-state index in [2.05, 4.69) is 45.1 Å². The molecule has 0 aliphatic carbocycles. The van der Waals surface area contributed by atoms with Gasteiger partial charge in [0.05, 0.1) is 5.69 Å². The molecule has 2 aliphatic rings. The second-order valence-electron chi connectivity index (χ2n) is 9.04. The Balaban J connectivity index is 1.20. The molecule has 2 aromatic carbocycles. The summed E-state index contributed by atoms with van der Waals surface area (Å²) in [6.45, 7) is 6.13. The van der Waals surface area contributed by atoms with E-state index in [1.54, 1.807) is 0 Å². The monoisotopic (exact) mass is 448 g/mol. The number of fused-ring (bicyclic) bond motifs is 1. The standard InChI is InChI=1S/C26H29ClN4O/c27-22-8-6-21(7-9-22)25-28-24-18-31(15-12-23(24)26(32)29-25)17-20-10-13-30(14-11-20)16-19-4-2-1-3-5-19/h1-9,20H,10-18H2,(H,28,29,32). The van der Waals surface area contributed by atoms with Gasteiger partial charge < -0.3 is 4.98 Å². The maximum Gasteiger partial charge on any atom is 0.254 e. The number of rotatable bonds is 5. The predicted octanol–water partition coefficient (Wildman–Crippen LogP) is 4.36. The van der Waals surface area contributed by atoms with Crippen LogP contribution in [0.15, 0.2) is 59.4 Å². The SMILES string of the molecule is O=c1[nH]c(-c2ccc(Cl)cc2)nc2c1CCN(CC1CCN(Cc3ccccc3)CC1)C2. The average Bonchev–Trinajstić information content (AvgIpc) is 2.81. The lowest BCUT2D eigenvalue weighted by Crippen LogP contribution is -2.41. The Labute approximate surface area is 194 Å². The van der Waals surface area contributed by atoms with Crippen LogP contribution < -0.4 is 5.56 Å². The van der Waals surface area contributed by atoms with E-state index in [1.165, 1.54) is 18.4 Å². The van der Waals surface area contributed by atoms with Crippen molar-refractivity contribution < 1.29 is 0 Å². The molecule has 32 heavy (non-hydrogen) atoms. The van der Waals surface area contributed by atoms with Gasteiger partial charge in [-0.25, -0.2) is 4.98 Å². The molecule has 0 spiro atoms. The molecule has 0 saturated carbocycles. The first-order chi connectivity index (χ1) is 15.6. The minimum atomic E-state index is -0.00572. The third-order valence-electron chi connectivity index (χ3n) is 6.74. The number of hydrogen-bond donors (Lipinski definition) is 1. The number of likely N-dealkylation sites (tertiary alicyclic amines) is 1. The largest absolute Gasteiger partial charge is 0.306 e. The number of nitrogens with one attached hydrogen (secondary N) is 1. The quantitative estimate of drug-likeness (QED) is 0.630. The first-order valence-corrected chi connectivity index (χ1v) is 11.9. The number of aromatic amines is 1. The third-order valence-corrected chi connectivity index (χ3v) is 6.99. The van der Waals surface area contributed by atoms with Crippen LogP contribution in [0, 0.1) is 5.92 Å². The van der Waals surface area contributed by atoms with Crippen molar-refractivity contribution in [2.75, 3.05) is 26.2 Å². The fraction of sp³-hybridized carbons (Fsp3) is 0.385. The molecule has 1 aromatic heterocycles. The van der Waals surface area contributed by atoms with E-state index in [1.807, 2.05) is 24.3 Å². The molecule has 0 bridgehead atoms. The van der Waals surface area contributed by atoms with Crippen molar-refractivity contribution in [2.24, 2.45) is 5.92 Å². The number of halogens is 1. The molecule has 1 saturated heterocycles. The minimum Gasteiger partial charge on any atom is -0.306 e. The predicted molar refractivity (Wildman–Crippen MR) is 129 cm³/mol. The van der Waals surface area contributed by atoms with Gasteiger partial charge in [0.2, 0.25) is 0 Å². The van der Waals surface area contributed by atoms with Crippen LogP contribution in [0.25, 0.3) is 11.4 Å². The van der Waals surface area contributed by atoms with Crippen LogP contribution >= 0.6 is 11.6 Å². The van der Waals surface area contributed by atoms with Crippen LogP contribution in [0.5, 0.6) is 0 Å². The van der Waals surface area contributed by atoms with E-state index in [9.17, 15) is 4.79 Å². The van der Waals surface area contributed by atoms with Crippen molar-refractivity contribution >= 4 is 11.6 Å². The summed E-state index contributed by atoms with van der Waals surface area (Å²) in [7, 11) is 0. The van der Waals surface area contributed by atoms with Crippen LogP contribution in [0.3, 0.4) is 0 Å². The Morgan fingerprint density at radius 3 is 2.47 bits per heavy atom. The van der Waals surface area contributed by atoms with Crippen LogP contribution in [0.2, 0.25) is 5.02 Å². The molecular weight excluding hydrogens is 420 g/mol. The highest BCUT2D eigenvalue weighted by Gasteiger charge is 2.26. The lowest BCUT2D eigenvalue weighted by Gasteiger charge is -2.36. The summed E-state index contributed by atoms with van der Waals surface area (Å²) in [5.41, 5.74) is 4.04. The molecule has 5 nitrogen and oxygen atoms in total. The summed E-state index contributed by atoms with van der Waals surface area (Å²) in [6, 6.07) is 18.2. The van der Waals surface area contributed by atoms with Gasteiger partial charge in [0.25, 0.3) is 5.56 Å². The zero-order valence-corrected chi connectivity index (χ0v) is 19.0. The highest BCUT2D eigenvalue weighted by molar-refractivity contribution is 6.30. The summed E-state index contributed by atoms with van der Waals surface area (Å²) in [5, 5.41) is 0.676. The summed E-state index contributed by atoms with van der Waals surface area (Å²) in [4.78, 5) is 25.5. The highest BCUT2D eigenvalue weighted by atomic mass is 35.5. The van der Waals surface area contributed by atoms with Gasteiger partial charge in [0.15, 0.2) is 0 Å². The van der Waals surface area contributed by atoms with Crippen molar-refractivity contribution in [3.63, 3.8) is 0 Å². The lowest BCUT2D eigenvalue weighted by molar-refractivity contribution is 0.131. The van der Waals surface area contributed by atoms with E-state index in [-0.39, 0.29) is 5.56 Å². The molecule has 3 aromatic rings. The second-order valence-corrected chi connectivity index (χ2v) is 9.47. The molecule has 2 aliphatic heterocycles. The summed E-state index contributed by atoms with van der Waals surface area (Å²) < 4.78 is 0. The lowest BCUT2D eigenvalue weighted by atomic mass is 9.94. The first kappa shape index (κ1) is 21.4. The molecular formula is C26H29ClN4O. The van der Waals surface area contributed by atoms with Crippen molar-refractivity contribution in [1.82, 2.24) is 19.8 Å². The van der Waals surface area contributed by atoms with Crippen molar-refractivity contribution in [2.45, 2.75) is 32.4 Å². The highest BCUT2D eigenvalue weighted by Crippen LogP contribution is 2.24. The molecule has 0 radical (unpaired) electrons. The molecule has 6 heteroatoms. The number of hydrogen-bond acceptors (Lipinski definition) is 4. The second kappa shape index (κ2) is 9.57. The van der Waals surface area contributed by atoms with Crippen LogP contribution in [0.1, 0.15) is 29.7 Å². The van der Waals surface area contributed by atoms with Gasteiger partial charge in [0, 0.05) is 42.3 Å². The van der Waals surface area contributed by atoms with Gasteiger partial charge in [-0.05, 0) is 68.1 Å². The van der Waals surface area contributed by atoms with Gasteiger partial charge in [-0.3, -0.25) is 14.6 Å². The maximum absolute atomic E-state index is 12.7. The Kier molecular flexibility index (Phi) is 6.39. The zero-order valence-electron chi connectivity index (χ0n) is 18.3. The number of aromatic nitrogens is 2. The van der Waals surface area contributed by atoms with Gasteiger partial charge in [-0.1, -0.05) is 41.9 Å². The van der Waals surface area contributed by atoms with Gasteiger partial charge in [-0.15, -0.1) is 0 Å². The number of piperidine rings is 1. The van der Waals surface area contributed by atoms with Crippen LogP contribution in [-0.4, -0.2) is 45.9 Å². The topological polar surface area (TPSA) is 52.2 Å². The van der Waals surface area contributed by atoms with E-state index < -0.39 is 0 Å². The van der Waals surface area contributed by atoms with Crippen molar-refractivity contribution in [3.05, 3.63) is 86.8 Å². The molecule has 1 fully saturated rings. The van der Waals surface area contributed by atoms with E-state index in [4.69, 9.17) is 16.6 Å². The van der Waals surface area contributed by atoms with Gasteiger partial charge >= 0.3 is 0 Å². The minimum absolute atomic E-state index is 0.00572. The molecule has 1 N–H and O–H groups in total. The van der Waals surface area contributed by atoms with Crippen LogP contribution in [-0.2, 0) is 19.5 Å². The Morgan fingerprint density at radius 1 is 0.969 bits per heavy atom. The average molecular weight is 449 g/mol. The normalized spacial score (nSPS) is 17.9. The summed E-state index contributed by atoms with van der Waals surface area (Å²) in [6.07, 6.45) is 3.23. The van der Waals surface area contributed by atoms with E-state index >= 15 is 0 Å². The molecule has 5 rings (SSSR count). The van der Waals surface area contributed by atoms with Crippen LogP contribution in [0.4, 0.5) is 0 Å². The Bertz CT molecular complexity index is 1100. The number of H-pyrrole nitrogens is 1. The summed E-state index contributed by atoms with van der Waals surface area (Å²) in [5.74, 6) is 1.34. The molecule has 0 atom stereocenters. The Morgan fingerprint density at radius 2 is 1.72 bits per heavy atom. The van der Waals surface area contributed by atoms with E-state index in [0.717, 1.165) is 62.5 Å². The van der Waals surface area contributed by atoms with Gasteiger partial charge in [0.1, 0.15) is 5.82 Å². The van der Waals surface area contributed by atoms with E-state index in [0.29, 0.717) is 16.8 Å². The number of nitrogens with zero attached hydrogens (tertiary/aromatic N) is 3. The fourth-order valence-electron chi connectivity index (χ4n) is 4.93. The Hall–Kier alpha value is -2.47. The molecule has 166 valence electrons. The van der Waals surface area contributed by atoms with Crippen molar-refractivity contribution in [3.8, 4) is 11.4 Å². The smallest absolute Gasteiger partial charge is 0.254 e. The van der Waals surface area contributed by atoms with Crippen molar-refractivity contribution in [1.29, 1.82) is 0 Å². The molecule has 0 unspecified atom stereocenters. The zero-order chi connectivity index (χ0) is 21.9. The fourth-order valence-corrected chi connectivity index (χ4v) is 5.05. The first-order valence-electron chi connectivity index (χ1n) is 11.5. The molecule has 0 amide bonds. The van der Waals surface area contributed by atoms with Gasteiger partial charge in [-0.2, -0.15) is 0 Å². The third kappa shape index (κ3) is 4.96.